The Balaban J connectivity index is 1.75. The zero-order valence-electron chi connectivity index (χ0n) is 16.2. The van der Waals surface area contributed by atoms with E-state index in [1.807, 2.05) is 4.90 Å². The van der Waals surface area contributed by atoms with E-state index in [0.29, 0.717) is 32.1 Å². The molecule has 1 atom stereocenters. The second kappa shape index (κ2) is 10.1. The Kier molecular flexibility index (Phi) is 7.59. The number of terminal acetylenes is 1. The third-order valence-corrected chi connectivity index (χ3v) is 6.01. The van der Waals surface area contributed by atoms with Crippen LogP contribution in [0.5, 0.6) is 0 Å². The van der Waals surface area contributed by atoms with Crippen LogP contribution in [0, 0.1) is 12.3 Å². The zero-order valence-corrected chi connectivity index (χ0v) is 17.0. The minimum absolute atomic E-state index is 0.0657. The average molecular weight is 406 g/mol. The normalized spacial score (nSPS) is 14.9. The van der Waals surface area contributed by atoms with Crippen LogP contribution in [0.4, 0.5) is 0 Å². The molecule has 0 radical (unpaired) electrons. The Bertz CT molecular complexity index is 886. The number of nitrogens with one attached hydrogen (secondary N) is 1. The maximum absolute atomic E-state index is 12.7. The summed E-state index contributed by atoms with van der Waals surface area (Å²) in [6, 6.07) is 0. The second-order valence-electron chi connectivity index (χ2n) is 7.00. The molecule has 1 aliphatic carbocycles. The Morgan fingerprint density at radius 1 is 1.43 bits per heavy atom. The number of H-pyrrole nitrogens is 1. The lowest BCUT2D eigenvalue weighted by molar-refractivity contribution is 0.0202. The van der Waals surface area contributed by atoms with Gasteiger partial charge >= 0.3 is 0 Å². The minimum Gasteiger partial charge on any atom is -0.389 e. The number of hydrogen-bond acceptors (Lipinski definition) is 7. The molecule has 0 saturated carbocycles. The first-order valence-corrected chi connectivity index (χ1v) is 10.4. The van der Waals surface area contributed by atoms with Crippen LogP contribution in [0.1, 0.15) is 29.1 Å². The van der Waals surface area contributed by atoms with Crippen LogP contribution >= 0.6 is 11.3 Å². The number of aliphatic hydroxyl groups is 1. The molecule has 2 aromatic heterocycles. The van der Waals surface area contributed by atoms with Gasteiger partial charge in [-0.1, -0.05) is 5.92 Å². The van der Waals surface area contributed by atoms with Crippen molar-refractivity contribution in [2.45, 2.75) is 38.3 Å². The summed E-state index contributed by atoms with van der Waals surface area (Å²) < 4.78 is 10.4. The molecule has 1 aliphatic rings. The highest BCUT2D eigenvalue weighted by atomic mass is 32.1. The highest BCUT2D eigenvalue weighted by molar-refractivity contribution is 7.18. The van der Waals surface area contributed by atoms with Crippen LogP contribution in [0.3, 0.4) is 0 Å². The van der Waals surface area contributed by atoms with Crippen molar-refractivity contribution in [3.05, 3.63) is 26.6 Å². The van der Waals surface area contributed by atoms with Crippen molar-refractivity contribution in [2.24, 2.45) is 0 Å². The van der Waals surface area contributed by atoms with E-state index < -0.39 is 6.10 Å². The van der Waals surface area contributed by atoms with Crippen molar-refractivity contribution in [3.63, 3.8) is 0 Å². The number of ether oxygens (including phenoxy) is 2. The molecule has 1 unspecified atom stereocenters. The van der Waals surface area contributed by atoms with Gasteiger partial charge in [0.05, 0.1) is 31.2 Å². The summed E-state index contributed by atoms with van der Waals surface area (Å²) in [5.74, 6) is 2.98. The smallest absolute Gasteiger partial charge is 0.259 e. The number of hydrogen-bond donors (Lipinski definition) is 2. The van der Waals surface area contributed by atoms with Crippen molar-refractivity contribution in [1.29, 1.82) is 0 Å². The Hall–Kier alpha value is -1.76. The molecule has 3 rings (SSSR count). The molecule has 0 fully saturated rings. The van der Waals surface area contributed by atoms with E-state index in [0.717, 1.165) is 29.5 Å². The van der Waals surface area contributed by atoms with Gasteiger partial charge in [0.25, 0.3) is 5.56 Å². The van der Waals surface area contributed by atoms with Crippen LogP contribution in [-0.4, -0.2) is 66.1 Å². The number of aromatic amines is 1. The Morgan fingerprint density at radius 2 is 2.25 bits per heavy atom. The van der Waals surface area contributed by atoms with Crippen LogP contribution in [0.2, 0.25) is 0 Å². The summed E-state index contributed by atoms with van der Waals surface area (Å²) in [4.78, 5) is 24.5. The van der Waals surface area contributed by atoms with Crippen molar-refractivity contribution >= 4 is 21.6 Å². The van der Waals surface area contributed by atoms with E-state index in [-0.39, 0.29) is 18.8 Å². The van der Waals surface area contributed by atoms with E-state index in [1.54, 1.807) is 18.4 Å². The van der Waals surface area contributed by atoms with Crippen LogP contribution in [-0.2, 0) is 28.9 Å². The first-order valence-electron chi connectivity index (χ1n) is 9.56. The minimum atomic E-state index is -0.685. The highest BCUT2D eigenvalue weighted by Crippen LogP contribution is 2.33. The molecule has 2 N–H and O–H groups in total. The largest absolute Gasteiger partial charge is 0.389 e. The lowest BCUT2D eigenvalue weighted by Gasteiger charge is -2.24. The number of aryl methyl sites for hydroxylation is 2. The fourth-order valence-corrected chi connectivity index (χ4v) is 4.84. The Labute approximate surface area is 168 Å². The molecule has 0 bridgehead atoms. The lowest BCUT2D eigenvalue weighted by Crippen LogP contribution is -2.37. The maximum Gasteiger partial charge on any atom is 0.259 e. The summed E-state index contributed by atoms with van der Waals surface area (Å²) in [6.07, 6.45) is 8.77. The molecule has 0 amide bonds. The van der Waals surface area contributed by atoms with Gasteiger partial charge in [0, 0.05) is 25.1 Å². The molecule has 0 spiro atoms. The van der Waals surface area contributed by atoms with Gasteiger partial charge in [-0.05, 0) is 31.2 Å². The summed E-state index contributed by atoms with van der Waals surface area (Å²) in [5.41, 5.74) is 1.12. The molecule has 2 aromatic rings. The standard InChI is InChI=1S/C20H27N3O4S/c1-3-9-27-13-14(24)11-23(8-10-26-2)12-17-21-19(25)18-15-6-4-5-7-16(15)28-20(18)22-17/h1,14,24H,4-13H2,2H3,(H,21,22,25). The number of methoxy groups -OCH3 is 1. The van der Waals surface area contributed by atoms with E-state index in [1.165, 1.54) is 16.9 Å². The number of nitrogens with zero attached hydrogens (tertiary/aromatic N) is 2. The summed E-state index contributed by atoms with van der Waals surface area (Å²) in [7, 11) is 1.63. The second-order valence-corrected chi connectivity index (χ2v) is 8.09. The van der Waals surface area contributed by atoms with Gasteiger partial charge in [-0.15, -0.1) is 17.8 Å². The molecule has 8 heteroatoms. The number of thiophene rings is 1. The first kappa shape index (κ1) is 21.0. The van der Waals surface area contributed by atoms with E-state index in [9.17, 15) is 9.90 Å². The monoisotopic (exact) mass is 405 g/mol. The zero-order chi connectivity index (χ0) is 19.9. The number of fused-ring (bicyclic) bond motifs is 3. The topological polar surface area (TPSA) is 87.7 Å². The quantitative estimate of drug-likeness (QED) is 0.458. The number of aromatic nitrogens is 2. The van der Waals surface area contributed by atoms with E-state index >= 15 is 0 Å². The molecule has 0 aromatic carbocycles. The summed E-state index contributed by atoms with van der Waals surface area (Å²) in [5, 5.41) is 11.0. The fourth-order valence-electron chi connectivity index (χ4n) is 3.56. The van der Waals surface area contributed by atoms with Crippen molar-refractivity contribution in [2.75, 3.05) is 40.0 Å². The number of aliphatic hydroxyl groups excluding tert-OH is 1. The third-order valence-electron chi connectivity index (χ3n) is 4.82. The molecule has 0 saturated heterocycles. The highest BCUT2D eigenvalue weighted by Gasteiger charge is 2.21. The van der Waals surface area contributed by atoms with Crippen molar-refractivity contribution < 1.29 is 14.6 Å². The van der Waals surface area contributed by atoms with Crippen molar-refractivity contribution in [3.8, 4) is 12.3 Å². The predicted octanol–water partition coefficient (Wildman–Crippen LogP) is 1.32. The lowest BCUT2D eigenvalue weighted by atomic mass is 9.97. The van der Waals surface area contributed by atoms with Gasteiger partial charge in [-0.2, -0.15) is 0 Å². The van der Waals surface area contributed by atoms with Crippen molar-refractivity contribution in [1.82, 2.24) is 14.9 Å². The van der Waals surface area contributed by atoms with Crippen LogP contribution < -0.4 is 5.56 Å². The fraction of sp³-hybridized carbons (Fsp3) is 0.600. The molecule has 152 valence electrons. The van der Waals surface area contributed by atoms with E-state index in [4.69, 9.17) is 20.9 Å². The molecule has 28 heavy (non-hydrogen) atoms. The molecule has 7 nitrogen and oxygen atoms in total. The van der Waals surface area contributed by atoms with Crippen LogP contribution in [0.25, 0.3) is 10.2 Å². The third kappa shape index (κ3) is 5.19. The van der Waals surface area contributed by atoms with Crippen LogP contribution in [0.15, 0.2) is 4.79 Å². The Morgan fingerprint density at radius 3 is 3.04 bits per heavy atom. The van der Waals surface area contributed by atoms with Gasteiger partial charge in [-0.25, -0.2) is 4.98 Å². The van der Waals surface area contributed by atoms with Gasteiger partial charge in [0.1, 0.15) is 17.3 Å². The molecule has 0 aliphatic heterocycles. The van der Waals surface area contributed by atoms with Gasteiger partial charge in [0.2, 0.25) is 0 Å². The molecular formula is C20H27N3O4S. The molecular weight excluding hydrogens is 378 g/mol. The van der Waals surface area contributed by atoms with Gasteiger partial charge in [0.15, 0.2) is 0 Å². The maximum atomic E-state index is 12.7. The number of rotatable bonds is 10. The molecule has 2 heterocycles. The summed E-state index contributed by atoms with van der Waals surface area (Å²) >= 11 is 1.64. The van der Waals surface area contributed by atoms with Gasteiger partial charge < -0.3 is 19.6 Å². The predicted molar refractivity (Wildman–Crippen MR) is 110 cm³/mol. The average Bonchev–Trinajstić information content (AvgIpc) is 3.05. The first-order chi connectivity index (χ1) is 13.6. The SMILES string of the molecule is C#CCOCC(O)CN(CCOC)Cc1nc2sc3c(c2c(=O)[nH]1)CCCC3. The van der Waals surface area contributed by atoms with E-state index in [2.05, 4.69) is 10.9 Å². The van der Waals surface area contributed by atoms with Gasteiger partial charge in [-0.3, -0.25) is 9.69 Å². The summed E-state index contributed by atoms with van der Waals surface area (Å²) in [6.45, 7) is 2.24.